The SMILES string of the molecule is C=CCCC(NC(=O)C1(CCOC)CCC1)C(=O)O. The molecule has 0 bridgehead atoms. The third kappa shape index (κ3) is 4.06. The molecular formula is C14H23NO4. The number of carbonyl (C=O) groups excluding carboxylic acids is 1. The molecule has 0 aromatic heterocycles. The van der Waals surface area contributed by atoms with Gasteiger partial charge in [-0.15, -0.1) is 6.58 Å². The summed E-state index contributed by atoms with van der Waals surface area (Å²) in [7, 11) is 1.61. The molecule has 1 unspecified atom stereocenters. The van der Waals surface area contributed by atoms with Crippen molar-refractivity contribution >= 4 is 11.9 Å². The second-order valence-corrected chi connectivity index (χ2v) is 5.11. The summed E-state index contributed by atoms with van der Waals surface area (Å²) in [5.41, 5.74) is -0.419. The van der Waals surface area contributed by atoms with Crippen molar-refractivity contribution in [2.45, 2.75) is 44.6 Å². The summed E-state index contributed by atoms with van der Waals surface area (Å²) in [6.45, 7) is 4.09. The summed E-state index contributed by atoms with van der Waals surface area (Å²) in [5, 5.41) is 11.8. The smallest absolute Gasteiger partial charge is 0.326 e. The molecule has 0 radical (unpaired) electrons. The molecule has 1 rings (SSSR count). The number of carboxylic acid groups (broad SMARTS) is 1. The van der Waals surface area contributed by atoms with Crippen molar-refractivity contribution in [3.8, 4) is 0 Å². The van der Waals surface area contributed by atoms with E-state index in [9.17, 15) is 9.59 Å². The first kappa shape index (κ1) is 15.7. The zero-order valence-electron chi connectivity index (χ0n) is 11.5. The molecule has 1 aliphatic rings. The van der Waals surface area contributed by atoms with Crippen LogP contribution < -0.4 is 5.32 Å². The number of aliphatic carboxylic acids is 1. The van der Waals surface area contributed by atoms with Crippen molar-refractivity contribution in [2.24, 2.45) is 5.41 Å². The van der Waals surface area contributed by atoms with Crippen LogP contribution in [-0.2, 0) is 14.3 Å². The van der Waals surface area contributed by atoms with Crippen molar-refractivity contribution in [1.29, 1.82) is 0 Å². The largest absolute Gasteiger partial charge is 0.480 e. The number of nitrogens with one attached hydrogen (secondary N) is 1. The average molecular weight is 269 g/mol. The Morgan fingerprint density at radius 3 is 2.63 bits per heavy atom. The lowest BCUT2D eigenvalue weighted by atomic mass is 9.66. The van der Waals surface area contributed by atoms with Gasteiger partial charge in [0.05, 0.1) is 5.41 Å². The molecule has 19 heavy (non-hydrogen) atoms. The van der Waals surface area contributed by atoms with E-state index in [1.54, 1.807) is 13.2 Å². The van der Waals surface area contributed by atoms with Crippen molar-refractivity contribution in [2.75, 3.05) is 13.7 Å². The van der Waals surface area contributed by atoms with Crippen LogP contribution in [0.3, 0.4) is 0 Å². The Bertz CT molecular complexity index is 336. The summed E-state index contributed by atoms with van der Waals surface area (Å²) >= 11 is 0. The number of methoxy groups -OCH3 is 1. The number of amides is 1. The molecule has 0 spiro atoms. The number of ether oxygens (including phenoxy) is 1. The van der Waals surface area contributed by atoms with E-state index >= 15 is 0 Å². The van der Waals surface area contributed by atoms with Crippen molar-refractivity contribution < 1.29 is 19.4 Å². The molecule has 0 heterocycles. The van der Waals surface area contributed by atoms with Gasteiger partial charge in [0.15, 0.2) is 0 Å². The first-order valence-corrected chi connectivity index (χ1v) is 6.69. The molecule has 0 saturated heterocycles. The number of carboxylic acids is 1. The molecule has 1 aliphatic carbocycles. The number of carbonyl (C=O) groups is 2. The van der Waals surface area contributed by atoms with Crippen LogP contribution in [0.1, 0.15) is 38.5 Å². The number of hydrogen-bond acceptors (Lipinski definition) is 3. The van der Waals surface area contributed by atoms with Crippen LogP contribution in [0.25, 0.3) is 0 Å². The molecule has 5 heteroatoms. The van der Waals surface area contributed by atoms with Crippen molar-refractivity contribution in [3.63, 3.8) is 0 Å². The van der Waals surface area contributed by atoms with E-state index in [-0.39, 0.29) is 5.91 Å². The van der Waals surface area contributed by atoms with Gasteiger partial charge < -0.3 is 15.2 Å². The van der Waals surface area contributed by atoms with Gasteiger partial charge >= 0.3 is 5.97 Å². The second kappa shape index (κ2) is 7.28. The predicted octanol–water partition coefficient (Wildman–Crippen LogP) is 1.73. The fourth-order valence-corrected chi connectivity index (χ4v) is 2.34. The normalized spacial score (nSPS) is 18.2. The van der Waals surface area contributed by atoms with Crippen LogP contribution in [-0.4, -0.2) is 36.7 Å². The molecule has 0 aromatic rings. The molecule has 1 saturated carbocycles. The summed E-state index contributed by atoms with van der Waals surface area (Å²) in [5.74, 6) is -1.14. The summed E-state index contributed by atoms with van der Waals surface area (Å²) in [4.78, 5) is 23.4. The maximum atomic E-state index is 12.3. The molecule has 1 atom stereocenters. The van der Waals surface area contributed by atoms with Gasteiger partial charge in [0, 0.05) is 13.7 Å². The van der Waals surface area contributed by atoms with E-state index in [2.05, 4.69) is 11.9 Å². The van der Waals surface area contributed by atoms with Gasteiger partial charge in [-0.3, -0.25) is 4.79 Å². The zero-order valence-corrected chi connectivity index (χ0v) is 11.5. The first-order chi connectivity index (χ1) is 9.05. The topological polar surface area (TPSA) is 75.6 Å². The van der Waals surface area contributed by atoms with E-state index in [4.69, 9.17) is 9.84 Å². The molecule has 0 aliphatic heterocycles. The highest BCUT2D eigenvalue weighted by Crippen LogP contribution is 2.44. The van der Waals surface area contributed by atoms with E-state index in [0.717, 1.165) is 19.3 Å². The second-order valence-electron chi connectivity index (χ2n) is 5.11. The first-order valence-electron chi connectivity index (χ1n) is 6.69. The van der Waals surface area contributed by atoms with Crippen LogP contribution in [0.15, 0.2) is 12.7 Å². The van der Waals surface area contributed by atoms with E-state index < -0.39 is 17.4 Å². The minimum absolute atomic E-state index is 0.146. The molecule has 0 aromatic carbocycles. The van der Waals surface area contributed by atoms with Gasteiger partial charge in [-0.1, -0.05) is 12.5 Å². The third-order valence-corrected chi connectivity index (χ3v) is 3.84. The number of allylic oxidation sites excluding steroid dienone is 1. The highest BCUT2D eigenvalue weighted by molar-refractivity contribution is 5.88. The Balaban J connectivity index is 2.58. The minimum Gasteiger partial charge on any atom is -0.480 e. The lowest BCUT2D eigenvalue weighted by Gasteiger charge is -2.40. The third-order valence-electron chi connectivity index (χ3n) is 3.84. The lowest BCUT2D eigenvalue weighted by Crippen LogP contribution is -2.51. The highest BCUT2D eigenvalue weighted by atomic mass is 16.5. The van der Waals surface area contributed by atoms with Crippen molar-refractivity contribution in [1.82, 2.24) is 5.32 Å². The predicted molar refractivity (Wildman–Crippen MR) is 71.8 cm³/mol. The summed E-state index contributed by atoms with van der Waals surface area (Å²) < 4.78 is 5.03. The van der Waals surface area contributed by atoms with Gasteiger partial charge in [-0.05, 0) is 32.1 Å². The van der Waals surface area contributed by atoms with Crippen LogP contribution in [0.5, 0.6) is 0 Å². The van der Waals surface area contributed by atoms with E-state index in [1.807, 2.05) is 0 Å². The van der Waals surface area contributed by atoms with Gasteiger partial charge in [-0.25, -0.2) is 4.79 Å². The maximum absolute atomic E-state index is 12.3. The van der Waals surface area contributed by atoms with E-state index in [0.29, 0.717) is 25.9 Å². The molecule has 108 valence electrons. The van der Waals surface area contributed by atoms with Crippen LogP contribution in [0, 0.1) is 5.41 Å². The maximum Gasteiger partial charge on any atom is 0.326 e. The van der Waals surface area contributed by atoms with Crippen LogP contribution >= 0.6 is 0 Å². The fraction of sp³-hybridized carbons (Fsp3) is 0.714. The Morgan fingerprint density at radius 2 is 2.21 bits per heavy atom. The molecule has 1 fully saturated rings. The lowest BCUT2D eigenvalue weighted by molar-refractivity contribution is -0.146. The quantitative estimate of drug-likeness (QED) is 0.625. The summed E-state index contributed by atoms with van der Waals surface area (Å²) in [6.07, 6.45) is 5.91. The van der Waals surface area contributed by atoms with Crippen LogP contribution in [0.2, 0.25) is 0 Å². The van der Waals surface area contributed by atoms with Gasteiger partial charge in [0.25, 0.3) is 0 Å². The highest BCUT2D eigenvalue weighted by Gasteiger charge is 2.44. The number of rotatable bonds is 9. The molecule has 2 N–H and O–H groups in total. The molecular weight excluding hydrogens is 246 g/mol. The monoisotopic (exact) mass is 269 g/mol. The Kier molecular flexibility index (Phi) is 6.02. The number of hydrogen-bond donors (Lipinski definition) is 2. The Morgan fingerprint density at radius 1 is 1.53 bits per heavy atom. The minimum atomic E-state index is -0.989. The standard InChI is InChI=1S/C14H23NO4/c1-3-4-6-11(12(16)17)15-13(18)14(7-5-8-14)9-10-19-2/h3,11H,1,4-10H2,2H3,(H,15,18)(H,16,17). The Labute approximate surface area is 114 Å². The van der Waals surface area contributed by atoms with Crippen LogP contribution in [0.4, 0.5) is 0 Å². The molecule has 1 amide bonds. The fourth-order valence-electron chi connectivity index (χ4n) is 2.34. The van der Waals surface area contributed by atoms with Crippen molar-refractivity contribution in [3.05, 3.63) is 12.7 Å². The van der Waals surface area contributed by atoms with Gasteiger partial charge in [0.1, 0.15) is 6.04 Å². The van der Waals surface area contributed by atoms with E-state index in [1.165, 1.54) is 0 Å². The Hall–Kier alpha value is -1.36. The van der Waals surface area contributed by atoms with Gasteiger partial charge in [-0.2, -0.15) is 0 Å². The summed E-state index contributed by atoms with van der Waals surface area (Å²) in [6, 6.07) is -0.828. The molecule has 5 nitrogen and oxygen atoms in total. The zero-order chi connectivity index (χ0) is 14.3. The average Bonchev–Trinajstić information content (AvgIpc) is 2.32. The van der Waals surface area contributed by atoms with Gasteiger partial charge in [0.2, 0.25) is 5.91 Å².